The van der Waals surface area contributed by atoms with E-state index in [0.29, 0.717) is 29.2 Å². The number of benzene rings is 1. The van der Waals surface area contributed by atoms with Gasteiger partial charge in [-0.15, -0.1) is 0 Å². The molecule has 2 rings (SSSR count). The van der Waals surface area contributed by atoms with Crippen LogP contribution in [0.15, 0.2) is 35.6 Å². The Hall–Kier alpha value is -2.76. The van der Waals surface area contributed by atoms with E-state index in [-0.39, 0.29) is 5.91 Å². The predicted molar refractivity (Wildman–Crippen MR) is 78.0 cm³/mol. The first-order valence-electron chi connectivity index (χ1n) is 6.01. The quantitative estimate of drug-likeness (QED) is 0.651. The summed E-state index contributed by atoms with van der Waals surface area (Å²) >= 11 is 0. The highest BCUT2D eigenvalue weighted by atomic mass is 16.1. The van der Waals surface area contributed by atoms with Crippen LogP contribution < -0.4 is 11.1 Å². The molecular weight excluding hydrogens is 254 g/mol. The van der Waals surface area contributed by atoms with Crippen LogP contribution in [0.2, 0.25) is 0 Å². The number of carbonyl (C=O) groups excluding carboxylic acids is 1. The molecule has 0 unspecified atom stereocenters. The molecule has 1 aromatic carbocycles. The van der Waals surface area contributed by atoms with Crippen molar-refractivity contribution in [1.82, 2.24) is 15.3 Å². The van der Waals surface area contributed by atoms with E-state index in [1.807, 2.05) is 6.92 Å². The highest BCUT2D eigenvalue weighted by molar-refractivity contribution is 5.96. The molecule has 3 N–H and O–H groups in total. The zero-order valence-corrected chi connectivity index (χ0v) is 11.1. The number of nitrogens with one attached hydrogen (secondary N) is 1. The molecule has 0 bridgehead atoms. The Labute approximate surface area is 116 Å². The largest absolute Gasteiger partial charge is 0.399 e. The van der Waals surface area contributed by atoms with Gasteiger partial charge < -0.3 is 11.1 Å². The molecule has 102 valence electrons. The van der Waals surface area contributed by atoms with E-state index in [1.54, 1.807) is 30.6 Å². The van der Waals surface area contributed by atoms with Crippen molar-refractivity contribution in [2.45, 2.75) is 13.5 Å². The van der Waals surface area contributed by atoms with Crippen molar-refractivity contribution < 1.29 is 4.79 Å². The van der Waals surface area contributed by atoms with Gasteiger partial charge in [0.2, 0.25) is 0 Å². The van der Waals surface area contributed by atoms with Gasteiger partial charge in [-0.25, -0.2) is 0 Å². The minimum Gasteiger partial charge on any atom is -0.399 e. The topological polar surface area (TPSA) is 93.3 Å². The summed E-state index contributed by atoms with van der Waals surface area (Å²) in [6.45, 7) is 5.58. The highest BCUT2D eigenvalue weighted by Crippen LogP contribution is 2.18. The predicted octanol–water partition coefficient (Wildman–Crippen LogP) is 1.63. The molecule has 0 radical (unpaired) electrons. The van der Waals surface area contributed by atoms with Crippen LogP contribution in [0.4, 0.5) is 11.4 Å². The second-order valence-electron chi connectivity index (χ2n) is 4.30. The van der Waals surface area contributed by atoms with Crippen molar-refractivity contribution in [2.75, 3.05) is 5.73 Å². The molecule has 1 heterocycles. The van der Waals surface area contributed by atoms with Crippen molar-refractivity contribution in [3.05, 3.63) is 47.5 Å². The zero-order chi connectivity index (χ0) is 14.5. The molecule has 20 heavy (non-hydrogen) atoms. The Morgan fingerprint density at radius 3 is 2.80 bits per heavy atom. The highest BCUT2D eigenvalue weighted by Gasteiger charge is 2.08. The van der Waals surface area contributed by atoms with Gasteiger partial charge in [-0.1, -0.05) is 0 Å². The molecular formula is C14H15N5O. The minimum atomic E-state index is -0.246. The third-order valence-electron chi connectivity index (χ3n) is 2.65. The van der Waals surface area contributed by atoms with Crippen molar-refractivity contribution in [3.63, 3.8) is 0 Å². The second-order valence-corrected chi connectivity index (χ2v) is 4.30. The van der Waals surface area contributed by atoms with Gasteiger partial charge in [0.15, 0.2) is 0 Å². The van der Waals surface area contributed by atoms with Crippen molar-refractivity contribution in [1.29, 1.82) is 0 Å². The molecule has 1 amide bonds. The average Bonchev–Trinajstić information content (AvgIpc) is 2.45. The molecule has 0 saturated heterocycles. The number of nitrogens with zero attached hydrogens (tertiary/aromatic N) is 3. The third-order valence-corrected chi connectivity index (χ3v) is 2.65. The number of anilines is 1. The summed E-state index contributed by atoms with van der Waals surface area (Å²) in [4.78, 5) is 24.1. The van der Waals surface area contributed by atoms with Gasteiger partial charge >= 0.3 is 0 Å². The summed E-state index contributed by atoms with van der Waals surface area (Å²) in [5.74, 6) is -0.246. The van der Waals surface area contributed by atoms with Gasteiger partial charge in [-0.3, -0.25) is 19.8 Å². The van der Waals surface area contributed by atoms with Gasteiger partial charge in [0, 0.05) is 17.4 Å². The minimum absolute atomic E-state index is 0.246. The number of nitrogen functional groups attached to an aromatic ring is 1. The first kappa shape index (κ1) is 13.7. The van der Waals surface area contributed by atoms with Crippen LogP contribution >= 0.6 is 0 Å². The number of aryl methyl sites for hydroxylation is 1. The van der Waals surface area contributed by atoms with E-state index in [4.69, 9.17) is 5.73 Å². The van der Waals surface area contributed by atoms with E-state index in [9.17, 15) is 4.79 Å². The monoisotopic (exact) mass is 269 g/mol. The Morgan fingerprint density at radius 2 is 2.15 bits per heavy atom. The Kier molecular flexibility index (Phi) is 4.05. The summed E-state index contributed by atoms with van der Waals surface area (Å²) in [6.07, 6.45) is 3.29. The van der Waals surface area contributed by atoms with Crippen LogP contribution in [0, 0.1) is 6.92 Å². The van der Waals surface area contributed by atoms with E-state index in [0.717, 1.165) is 5.69 Å². The lowest BCUT2D eigenvalue weighted by Crippen LogP contribution is -2.23. The van der Waals surface area contributed by atoms with Gasteiger partial charge in [-0.2, -0.15) is 0 Å². The lowest BCUT2D eigenvalue weighted by molar-refractivity contribution is 0.0950. The molecule has 0 fully saturated rings. The third kappa shape index (κ3) is 3.38. The number of hydrogen-bond acceptors (Lipinski definition) is 5. The van der Waals surface area contributed by atoms with Crippen LogP contribution in [-0.2, 0) is 6.54 Å². The molecule has 1 aromatic heterocycles. The van der Waals surface area contributed by atoms with E-state index in [2.05, 4.69) is 27.0 Å². The molecule has 0 aliphatic carbocycles. The summed E-state index contributed by atoms with van der Waals surface area (Å²) in [5, 5.41) is 2.75. The van der Waals surface area contributed by atoms with Crippen molar-refractivity contribution >= 4 is 24.0 Å². The normalized spacial score (nSPS) is 10.1. The van der Waals surface area contributed by atoms with E-state index in [1.165, 1.54) is 0 Å². The molecule has 0 spiro atoms. The van der Waals surface area contributed by atoms with Crippen LogP contribution in [0.25, 0.3) is 0 Å². The van der Waals surface area contributed by atoms with Gasteiger partial charge in [0.05, 0.1) is 29.8 Å². The standard InChI is InChI=1S/C14H15N5O/c1-9-6-18-13(7-17-9)8-19-14(20)10-3-11(15)5-12(4-10)16-2/h3-7H,2,8,15H2,1H3,(H,19,20). The fourth-order valence-corrected chi connectivity index (χ4v) is 1.64. The molecule has 0 saturated carbocycles. The van der Waals surface area contributed by atoms with Crippen LogP contribution in [0.1, 0.15) is 21.7 Å². The first-order valence-corrected chi connectivity index (χ1v) is 6.01. The lowest BCUT2D eigenvalue weighted by Gasteiger charge is -2.06. The Bertz CT molecular complexity index is 637. The molecule has 0 atom stereocenters. The SMILES string of the molecule is C=Nc1cc(N)cc(C(=O)NCc2cnc(C)cn2)c1. The van der Waals surface area contributed by atoms with E-state index >= 15 is 0 Å². The maximum atomic E-state index is 12.0. The molecule has 6 heteroatoms. The van der Waals surface area contributed by atoms with Crippen LogP contribution in [-0.4, -0.2) is 22.6 Å². The Morgan fingerprint density at radius 1 is 1.35 bits per heavy atom. The number of aliphatic imine (C=N–C) groups is 1. The first-order chi connectivity index (χ1) is 9.58. The average molecular weight is 269 g/mol. The smallest absolute Gasteiger partial charge is 0.251 e. The second kappa shape index (κ2) is 5.92. The zero-order valence-electron chi connectivity index (χ0n) is 11.1. The van der Waals surface area contributed by atoms with Crippen LogP contribution in [0.3, 0.4) is 0 Å². The van der Waals surface area contributed by atoms with Crippen molar-refractivity contribution in [2.24, 2.45) is 4.99 Å². The van der Waals surface area contributed by atoms with Gasteiger partial charge in [0.25, 0.3) is 5.91 Å². The van der Waals surface area contributed by atoms with E-state index < -0.39 is 0 Å². The molecule has 2 aromatic rings. The maximum Gasteiger partial charge on any atom is 0.251 e. The van der Waals surface area contributed by atoms with Gasteiger partial charge in [0.1, 0.15) is 0 Å². The summed E-state index contributed by atoms with van der Waals surface area (Å²) in [7, 11) is 0. The number of hydrogen-bond donors (Lipinski definition) is 2. The maximum absolute atomic E-state index is 12.0. The Balaban J connectivity index is 2.06. The number of rotatable bonds is 4. The van der Waals surface area contributed by atoms with Gasteiger partial charge in [-0.05, 0) is 31.8 Å². The lowest BCUT2D eigenvalue weighted by atomic mass is 10.1. The number of aromatic nitrogens is 2. The fraction of sp³-hybridized carbons (Fsp3) is 0.143. The number of nitrogens with two attached hydrogens (primary N) is 1. The van der Waals surface area contributed by atoms with Crippen LogP contribution in [0.5, 0.6) is 0 Å². The molecule has 6 nitrogen and oxygen atoms in total. The number of amides is 1. The molecule has 0 aliphatic rings. The molecule has 0 aliphatic heterocycles. The van der Waals surface area contributed by atoms with Crippen molar-refractivity contribution in [3.8, 4) is 0 Å². The fourth-order valence-electron chi connectivity index (χ4n) is 1.64. The summed E-state index contributed by atoms with van der Waals surface area (Å²) in [5.41, 5.74) is 8.69. The summed E-state index contributed by atoms with van der Waals surface area (Å²) < 4.78 is 0. The summed E-state index contributed by atoms with van der Waals surface area (Å²) in [6, 6.07) is 4.86. The number of carbonyl (C=O) groups is 1.